The highest BCUT2D eigenvalue weighted by Gasteiger charge is 2.56. The number of nitrogens with zero attached hydrogens (tertiary/aromatic N) is 1. The second-order valence-corrected chi connectivity index (χ2v) is 9.86. The average molecular weight is 433 g/mol. The van der Waals surface area contributed by atoms with Gasteiger partial charge in [-0.15, -0.1) is 0 Å². The van der Waals surface area contributed by atoms with Gasteiger partial charge in [-0.05, 0) is 44.7 Å². The smallest absolute Gasteiger partial charge is 0.438 e. The van der Waals surface area contributed by atoms with Crippen LogP contribution in [0.15, 0.2) is 72.3 Å². The molecular formula is C26H32BNO4. The van der Waals surface area contributed by atoms with E-state index in [0.717, 1.165) is 11.1 Å². The first kappa shape index (κ1) is 22.6. The van der Waals surface area contributed by atoms with Crippen LogP contribution >= 0.6 is 0 Å². The van der Waals surface area contributed by atoms with Gasteiger partial charge in [0.05, 0.1) is 16.8 Å². The van der Waals surface area contributed by atoms with E-state index in [1.807, 2.05) is 94.4 Å². The van der Waals surface area contributed by atoms with Crippen LogP contribution in [-0.4, -0.2) is 29.3 Å². The Morgan fingerprint density at radius 3 is 1.91 bits per heavy atom. The van der Waals surface area contributed by atoms with Gasteiger partial charge < -0.3 is 14.0 Å². The molecule has 0 spiro atoms. The summed E-state index contributed by atoms with van der Waals surface area (Å²) in [5, 5.41) is 0. The van der Waals surface area contributed by atoms with E-state index in [2.05, 4.69) is 13.8 Å². The van der Waals surface area contributed by atoms with Gasteiger partial charge in [-0.1, -0.05) is 80.6 Å². The highest BCUT2D eigenvalue weighted by atomic mass is 16.7. The van der Waals surface area contributed by atoms with Crippen LogP contribution in [0.1, 0.15) is 64.8 Å². The van der Waals surface area contributed by atoms with Gasteiger partial charge in [-0.3, -0.25) is 4.90 Å². The van der Waals surface area contributed by atoms with E-state index >= 15 is 0 Å². The number of carbonyl (C=O) groups excluding carboxylic acids is 1. The third-order valence-electron chi connectivity index (χ3n) is 6.54. The van der Waals surface area contributed by atoms with Crippen molar-refractivity contribution in [3.8, 4) is 0 Å². The molecule has 0 aromatic heterocycles. The molecule has 0 unspecified atom stereocenters. The van der Waals surface area contributed by atoms with Gasteiger partial charge in [0, 0.05) is 0 Å². The number of hydrogen-bond donors (Lipinski definition) is 0. The first-order valence-corrected chi connectivity index (χ1v) is 11.3. The molecule has 2 heterocycles. The second kappa shape index (κ2) is 8.41. The zero-order valence-corrected chi connectivity index (χ0v) is 19.7. The molecular weight excluding hydrogens is 401 g/mol. The average Bonchev–Trinajstić information content (AvgIpc) is 3.19. The molecule has 32 heavy (non-hydrogen) atoms. The summed E-state index contributed by atoms with van der Waals surface area (Å²) in [6.07, 6.45) is 1.21. The Labute approximate surface area is 191 Å². The molecule has 6 heteroatoms. The van der Waals surface area contributed by atoms with Crippen molar-refractivity contribution in [2.24, 2.45) is 5.92 Å². The summed E-state index contributed by atoms with van der Waals surface area (Å²) in [5.41, 5.74) is 1.61. The lowest BCUT2D eigenvalue weighted by atomic mass is 9.80. The van der Waals surface area contributed by atoms with E-state index in [1.54, 1.807) is 4.90 Å². The Hall–Kier alpha value is -2.57. The zero-order chi connectivity index (χ0) is 23.1. The van der Waals surface area contributed by atoms with Crippen LogP contribution in [0.4, 0.5) is 4.79 Å². The van der Waals surface area contributed by atoms with Crippen molar-refractivity contribution in [2.45, 2.75) is 64.9 Å². The minimum atomic E-state index is -0.671. The highest BCUT2D eigenvalue weighted by Crippen LogP contribution is 2.47. The first-order chi connectivity index (χ1) is 15.1. The Morgan fingerprint density at radius 1 is 0.906 bits per heavy atom. The maximum absolute atomic E-state index is 13.4. The fourth-order valence-electron chi connectivity index (χ4n) is 4.19. The maximum Gasteiger partial charge on any atom is 0.512 e. The number of hydrogen-bond acceptors (Lipinski definition) is 4. The second-order valence-electron chi connectivity index (χ2n) is 9.86. The van der Waals surface area contributed by atoms with Gasteiger partial charge >= 0.3 is 13.2 Å². The van der Waals surface area contributed by atoms with Gasteiger partial charge in [0.25, 0.3) is 0 Å². The third kappa shape index (κ3) is 4.09. The van der Waals surface area contributed by atoms with Crippen molar-refractivity contribution in [1.29, 1.82) is 0 Å². The molecule has 2 aromatic carbocycles. The van der Waals surface area contributed by atoms with E-state index in [0.29, 0.717) is 5.60 Å². The lowest BCUT2D eigenvalue weighted by Gasteiger charge is -2.32. The molecule has 168 valence electrons. The number of rotatable bonds is 5. The Balaban J connectivity index is 1.81. The van der Waals surface area contributed by atoms with Crippen LogP contribution in [-0.2, 0) is 14.0 Å². The summed E-state index contributed by atoms with van der Waals surface area (Å²) >= 11 is 0. The van der Waals surface area contributed by atoms with Crippen LogP contribution in [0.2, 0.25) is 0 Å². The van der Waals surface area contributed by atoms with Crippen molar-refractivity contribution in [3.63, 3.8) is 0 Å². The molecule has 2 atom stereocenters. The molecule has 0 bridgehead atoms. The van der Waals surface area contributed by atoms with Gasteiger partial charge in [0.2, 0.25) is 0 Å². The van der Waals surface area contributed by atoms with Crippen molar-refractivity contribution >= 4 is 13.2 Å². The molecule has 2 aliphatic rings. The molecule has 2 saturated heterocycles. The molecule has 5 nitrogen and oxygen atoms in total. The Bertz CT molecular complexity index is 971. The minimum absolute atomic E-state index is 0.184. The molecule has 4 rings (SSSR count). The normalized spacial score (nSPS) is 24.8. The summed E-state index contributed by atoms with van der Waals surface area (Å²) in [6, 6.07) is 19.6. The third-order valence-corrected chi connectivity index (χ3v) is 6.54. The SMILES string of the molecule is CC(C)/C=C(/B1OC(C)(C)C(C)(C)O1)N1C(=O)O[C@H](c2ccccc2)[C@@H]1c1ccccc1. The Kier molecular flexibility index (Phi) is 5.95. The predicted molar refractivity (Wildman–Crippen MR) is 126 cm³/mol. The minimum Gasteiger partial charge on any atom is -0.438 e. The molecule has 2 fully saturated rings. The summed E-state index contributed by atoms with van der Waals surface area (Å²) in [7, 11) is -0.671. The zero-order valence-electron chi connectivity index (χ0n) is 19.7. The number of benzene rings is 2. The summed E-state index contributed by atoms with van der Waals surface area (Å²) in [6.45, 7) is 12.2. The van der Waals surface area contributed by atoms with Crippen LogP contribution in [0.5, 0.6) is 0 Å². The number of cyclic esters (lactones) is 1. The topological polar surface area (TPSA) is 48.0 Å². The van der Waals surface area contributed by atoms with Crippen molar-refractivity contribution in [3.05, 3.63) is 83.5 Å². The van der Waals surface area contributed by atoms with Gasteiger partial charge in [-0.2, -0.15) is 0 Å². The van der Waals surface area contributed by atoms with Crippen molar-refractivity contribution < 1.29 is 18.8 Å². The van der Waals surface area contributed by atoms with Crippen molar-refractivity contribution in [1.82, 2.24) is 4.90 Å². The van der Waals surface area contributed by atoms with Crippen LogP contribution in [0.3, 0.4) is 0 Å². The monoisotopic (exact) mass is 433 g/mol. The molecule has 0 N–H and O–H groups in total. The quantitative estimate of drug-likeness (QED) is 0.536. The number of allylic oxidation sites excluding steroid dienone is 1. The molecule has 0 radical (unpaired) electrons. The van der Waals surface area contributed by atoms with Crippen molar-refractivity contribution in [2.75, 3.05) is 0 Å². The van der Waals surface area contributed by atoms with E-state index in [-0.39, 0.29) is 12.0 Å². The van der Waals surface area contributed by atoms with Gasteiger partial charge in [-0.25, -0.2) is 4.79 Å². The van der Waals surface area contributed by atoms with E-state index < -0.39 is 30.5 Å². The summed E-state index contributed by atoms with van der Waals surface area (Å²) in [4.78, 5) is 15.1. The van der Waals surface area contributed by atoms with Gasteiger partial charge in [0.1, 0.15) is 6.04 Å². The maximum atomic E-state index is 13.4. The van der Waals surface area contributed by atoms with E-state index in [1.165, 1.54) is 0 Å². The number of amides is 1. The largest absolute Gasteiger partial charge is 0.512 e. The van der Waals surface area contributed by atoms with E-state index in [4.69, 9.17) is 14.0 Å². The number of carbonyl (C=O) groups is 1. The fourth-order valence-corrected chi connectivity index (χ4v) is 4.19. The van der Waals surface area contributed by atoms with Crippen LogP contribution in [0, 0.1) is 5.92 Å². The first-order valence-electron chi connectivity index (χ1n) is 11.3. The van der Waals surface area contributed by atoms with Gasteiger partial charge in [0.15, 0.2) is 6.10 Å². The lowest BCUT2D eigenvalue weighted by Crippen LogP contribution is -2.41. The summed E-state index contributed by atoms with van der Waals surface area (Å²) in [5.74, 6) is 0.184. The molecule has 1 amide bonds. The standard InChI is InChI=1S/C26H32BNO4/c1-18(2)17-21(27-31-25(3,4)26(5,6)32-27)28-22(19-13-9-7-10-14-19)23(30-24(28)29)20-15-11-8-12-16-20/h7-18,22-23H,1-6H3/b21-17-/t22-,23+/m0/s1. The summed E-state index contributed by atoms with van der Waals surface area (Å²) < 4.78 is 18.7. The molecule has 2 aromatic rings. The molecule has 2 aliphatic heterocycles. The van der Waals surface area contributed by atoms with Crippen LogP contribution < -0.4 is 0 Å². The highest BCUT2D eigenvalue weighted by molar-refractivity contribution is 6.54. The molecule has 0 saturated carbocycles. The fraction of sp³-hybridized carbons (Fsp3) is 0.423. The number of ether oxygens (including phenoxy) is 1. The molecule has 0 aliphatic carbocycles. The Morgan fingerprint density at radius 2 is 1.41 bits per heavy atom. The van der Waals surface area contributed by atoms with Crippen LogP contribution in [0.25, 0.3) is 0 Å². The lowest BCUT2D eigenvalue weighted by molar-refractivity contribution is 0.00578. The van der Waals surface area contributed by atoms with E-state index in [9.17, 15) is 4.79 Å². The predicted octanol–water partition coefficient (Wildman–Crippen LogP) is 6.09.